The van der Waals surface area contributed by atoms with Gasteiger partial charge < -0.3 is 4.74 Å². The maximum Gasteiger partial charge on any atom is 0.131 e. The summed E-state index contributed by atoms with van der Waals surface area (Å²) in [5.41, 5.74) is 3.99. The molecule has 4 aromatic rings. The molecule has 0 aliphatic carbocycles. The average Bonchev–Trinajstić information content (AvgIpc) is 2.77. The lowest BCUT2D eigenvalue weighted by Gasteiger charge is -2.07. The van der Waals surface area contributed by atoms with Crippen LogP contribution in [-0.2, 0) is 11.2 Å². The highest BCUT2D eigenvalue weighted by atomic mass is 19.1. The third kappa shape index (κ3) is 4.56. The minimum Gasteiger partial charge on any atom is -0.384 e. The van der Waals surface area contributed by atoms with Crippen LogP contribution in [0.1, 0.15) is 16.7 Å². The van der Waals surface area contributed by atoms with Crippen LogP contribution in [0.2, 0.25) is 0 Å². The summed E-state index contributed by atoms with van der Waals surface area (Å²) in [4.78, 5) is 0. The number of rotatable bonds is 4. The number of benzene rings is 4. The van der Waals surface area contributed by atoms with Crippen molar-refractivity contribution in [2.45, 2.75) is 6.42 Å². The first-order valence-electron chi connectivity index (χ1n) is 9.71. The maximum atomic E-state index is 14.5. The predicted octanol–water partition coefficient (Wildman–Crippen LogP) is 6.37. The Morgan fingerprint density at radius 2 is 1.43 bits per heavy atom. The Labute approximate surface area is 174 Å². The van der Waals surface area contributed by atoms with Crippen LogP contribution in [-0.4, -0.2) is 13.7 Å². The Morgan fingerprint density at radius 3 is 2.20 bits per heavy atom. The van der Waals surface area contributed by atoms with Crippen molar-refractivity contribution >= 4 is 10.8 Å². The van der Waals surface area contributed by atoms with E-state index in [1.807, 2.05) is 48.5 Å². The standard InChI is InChI=1S/C27H20F2O/c1-30-15-14-21-7-13-26(27(29)17-21)22-8-4-19(5-9-22)2-3-20-6-10-24-18-25(28)12-11-23(24)16-20/h4-13,16-18H,14-15H2,1H3. The van der Waals surface area contributed by atoms with Crippen molar-refractivity contribution in [2.75, 3.05) is 13.7 Å². The average molecular weight is 398 g/mol. The molecule has 4 rings (SSSR count). The summed E-state index contributed by atoms with van der Waals surface area (Å²) in [6.45, 7) is 0.570. The zero-order chi connectivity index (χ0) is 20.9. The molecule has 0 radical (unpaired) electrons. The number of hydrogen-bond donors (Lipinski definition) is 0. The molecule has 0 spiro atoms. The first kappa shape index (κ1) is 19.8. The van der Waals surface area contributed by atoms with Gasteiger partial charge in [0.1, 0.15) is 11.6 Å². The van der Waals surface area contributed by atoms with Gasteiger partial charge in [0.25, 0.3) is 0 Å². The third-order valence-electron chi connectivity index (χ3n) is 4.98. The van der Waals surface area contributed by atoms with E-state index in [1.54, 1.807) is 25.3 Å². The van der Waals surface area contributed by atoms with Gasteiger partial charge in [-0.1, -0.05) is 48.2 Å². The number of methoxy groups -OCH3 is 1. The van der Waals surface area contributed by atoms with Crippen LogP contribution < -0.4 is 0 Å². The fourth-order valence-electron chi connectivity index (χ4n) is 3.34. The Morgan fingerprint density at radius 1 is 0.733 bits per heavy atom. The normalized spacial score (nSPS) is 10.6. The molecule has 0 N–H and O–H groups in total. The molecule has 0 aliphatic rings. The molecular weight excluding hydrogens is 378 g/mol. The SMILES string of the molecule is COCCc1ccc(-c2ccc(C#Cc3ccc4cc(F)ccc4c3)cc2)c(F)c1. The van der Waals surface area contributed by atoms with Crippen molar-refractivity contribution in [2.24, 2.45) is 0 Å². The summed E-state index contributed by atoms with van der Waals surface area (Å²) in [5, 5.41) is 1.79. The Balaban J connectivity index is 1.53. The molecule has 0 bridgehead atoms. The molecule has 1 nitrogen and oxygen atoms in total. The highest BCUT2D eigenvalue weighted by Crippen LogP contribution is 2.24. The van der Waals surface area contributed by atoms with E-state index in [9.17, 15) is 8.78 Å². The molecule has 30 heavy (non-hydrogen) atoms. The zero-order valence-corrected chi connectivity index (χ0v) is 16.6. The van der Waals surface area contributed by atoms with Gasteiger partial charge in [-0.15, -0.1) is 0 Å². The minimum absolute atomic E-state index is 0.241. The monoisotopic (exact) mass is 398 g/mol. The fourth-order valence-corrected chi connectivity index (χ4v) is 3.34. The lowest BCUT2D eigenvalue weighted by atomic mass is 10.0. The van der Waals surface area contributed by atoms with Crippen molar-refractivity contribution in [3.63, 3.8) is 0 Å². The quantitative estimate of drug-likeness (QED) is 0.363. The van der Waals surface area contributed by atoms with E-state index < -0.39 is 0 Å². The second-order valence-corrected chi connectivity index (χ2v) is 7.09. The Bertz CT molecular complexity index is 1250. The predicted molar refractivity (Wildman–Crippen MR) is 117 cm³/mol. The molecule has 0 aliphatic heterocycles. The van der Waals surface area contributed by atoms with Crippen LogP contribution >= 0.6 is 0 Å². The molecule has 0 atom stereocenters. The fraction of sp³-hybridized carbons (Fsp3) is 0.111. The zero-order valence-electron chi connectivity index (χ0n) is 16.6. The highest BCUT2D eigenvalue weighted by Gasteiger charge is 2.06. The lowest BCUT2D eigenvalue weighted by molar-refractivity contribution is 0.202. The second kappa shape index (κ2) is 8.90. The van der Waals surface area contributed by atoms with Crippen LogP contribution in [0.3, 0.4) is 0 Å². The van der Waals surface area contributed by atoms with Crippen LogP contribution in [0.4, 0.5) is 8.78 Å². The number of ether oxygens (including phenoxy) is 1. The largest absolute Gasteiger partial charge is 0.384 e. The van der Waals surface area contributed by atoms with Crippen LogP contribution in [0, 0.1) is 23.5 Å². The number of fused-ring (bicyclic) bond motifs is 1. The van der Waals surface area contributed by atoms with Gasteiger partial charge in [0.15, 0.2) is 0 Å². The molecule has 0 fully saturated rings. The molecule has 0 saturated heterocycles. The van der Waals surface area contributed by atoms with Crippen LogP contribution in [0.15, 0.2) is 78.9 Å². The molecule has 0 amide bonds. The van der Waals surface area contributed by atoms with E-state index in [-0.39, 0.29) is 11.6 Å². The van der Waals surface area contributed by atoms with Crippen molar-refractivity contribution in [1.29, 1.82) is 0 Å². The van der Waals surface area contributed by atoms with Crippen LogP contribution in [0.5, 0.6) is 0 Å². The summed E-state index contributed by atoms with van der Waals surface area (Å²) in [5.74, 6) is 5.78. The van der Waals surface area contributed by atoms with Crippen LogP contribution in [0.25, 0.3) is 21.9 Å². The number of halogens is 2. The first-order chi connectivity index (χ1) is 14.6. The summed E-state index contributed by atoms with van der Waals surface area (Å²) >= 11 is 0. The number of hydrogen-bond acceptors (Lipinski definition) is 1. The summed E-state index contributed by atoms with van der Waals surface area (Å²) < 4.78 is 32.8. The van der Waals surface area contributed by atoms with Gasteiger partial charge >= 0.3 is 0 Å². The van der Waals surface area contributed by atoms with E-state index >= 15 is 0 Å². The van der Waals surface area contributed by atoms with Crippen molar-refractivity contribution in [1.82, 2.24) is 0 Å². The maximum absolute atomic E-state index is 14.5. The molecular formula is C27H20F2O. The summed E-state index contributed by atoms with van der Waals surface area (Å²) in [7, 11) is 1.64. The summed E-state index contributed by atoms with van der Waals surface area (Å²) in [6.07, 6.45) is 0.686. The molecule has 148 valence electrons. The molecule has 4 aromatic carbocycles. The minimum atomic E-state index is -0.248. The molecule has 0 unspecified atom stereocenters. The molecule has 3 heteroatoms. The van der Waals surface area contributed by atoms with E-state index in [2.05, 4.69) is 11.8 Å². The van der Waals surface area contributed by atoms with E-state index in [1.165, 1.54) is 12.1 Å². The molecule has 0 aromatic heterocycles. The van der Waals surface area contributed by atoms with E-state index in [0.717, 1.165) is 33.0 Å². The molecule has 0 heterocycles. The Hall–Kier alpha value is -3.48. The van der Waals surface area contributed by atoms with Gasteiger partial charge in [-0.2, -0.15) is 0 Å². The van der Waals surface area contributed by atoms with E-state index in [0.29, 0.717) is 18.6 Å². The van der Waals surface area contributed by atoms with Gasteiger partial charge in [-0.3, -0.25) is 0 Å². The van der Waals surface area contributed by atoms with E-state index in [4.69, 9.17) is 4.74 Å². The van der Waals surface area contributed by atoms with Crippen molar-refractivity contribution in [3.05, 3.63) is 107 Å². The first-order valence-corrected chi connectivity index (χ1v) is 9.71. The second-order valence-electron chi connectivity index (χ2n) is 7.09. The van der Waals surface area contributed by atoms with Crippen molar-refractivity contribution in [3.8, 4) is 23.0 Å². The third-order valence-corrected chi connectivity index (χ3v) is 4.98. The smallest absolute Gasteiger partial charge is 0.131 e. The van der Waals surface area contributed by atoms with Gasteiger partial charge in [0, 0.05) is 23.8 Å². The Kier molecular flexibility index (Phi) is 5.88. The summed E-state index contributed by atoms with van der Waals surface area (Å²) in [6, 6.07) is 23.2. The molecule has 0 saturated carbocycles. The van der Waals surface area contributed by atoms with Gasteiger partial charge in [0.05, 0.1) is 6.61 Å². The van der Waals surface area contributed by atoms with Gasteiger partial charge in [-0.05, 0) is 70.8 Å². The van der Waals surface area contributed by atoms with Gasteiger partial charge in [-0.25, -0.2) is 8.78 Å². The topological polar surface area (TPSA) is 9.23 Å². The highest BCUT2D eigenvalue weighted by molar-refractivity contribution is 5.84. The van der Waals surface area contributed by atoms with Crippen molar-refractivity contribution < 1.29 is 13.5 Å². The van der Waals surface area contributed by atoms with Gasteiger partial charge in [0.2, 0.25) is 0 Å². The lowest BCUT2D eigenvalue weighted by Crippen LogP contribution is -1.96.